The van der Waals surface area contributed by atoms with Crippen LogP contribution < -0.4 is 0 Å². The minimum atomic E-state index is -1.76. The zero-order valence-corrected chi connectivity index (χ0v) is 29.7. The number of aromatic nitrogens is 3. The molecule has 2 aliphatic carbocycles. The molecule has 0 bridgehead atoms. The smallest absolute Gasteiger partial charge is 0.164 e. The summed E-state index contributed by atoms with van der Waals surface area (Å²) < 4.78 is 37.5. The summed E-state index contributed by atoms with van der Waals surface area (Å²) in [5, 5.41) is 0. The summed E-state index contributed by atoms with van der Waals surface area (Å²) in [4.78, 5) is 15.0. The molecule has 0 saturated heterocycles. The molecule has 0 radical (unpaired) electrons. The summed E-state index contributed by atoms with van der Waals surface area (Å²) in [6, 6.07) is 59.2. The first-order valence-electron chi connectivity index (χ1n) is 20.7. The Morgan fingerprint density at radius 3 is 1.44 bits per heavy atom. The average molecular weight is 698 g/mol. The van der Waals surface area contributed by atoms with E-state index in [1.165, 1.54) is 0 Å². The average Bonchev–Trinajstić information content (AvgIpc) is 3.58. The van der Waals surface area contributed by atoms with E-state index in [9.17, 15) is 5.48 Å². The Morgan fingerprint density at radius 2 is 0.796 bits per heavy atom. The predicted molar refractivity (Wildman–Crippen MR) is 222 cm³/mol. The third-order valence-corrected chi connectivity index (χ3v) is 10.7. The second-order valence-corrected chi connectivity index (χ2v) is 14.0. The van der Waals surface area contributed by atoms with Gasteiger partial charge in [0.05, 0.1) is 0 Å². The minimum absolute atomic E-state index is 0.315. The molecular weight excluding hydrogens is 655 g/mol. The Kier molecular flexibility index (Phi) is 7.03. The number of rotatable bonds is 6. The van der Waals surface area contributed by atoms with Crippen LogP contribution in [-0.2, 0) is 5.41 Å². The Morgan fingerprint density at radius 1 is 0.333 bits per heavy atom. The number of benzene rings is 7. The van der Waals surface area contributed by atoms with Crippen molar-refractivity contribution in [2.24, 2.45) is 0 Å². The summed E-state index contributed by atoms with van der Waals surface area (Å²) >= 11 is 0. The van der Waals surface area contributed by atoms with Crippen LogP contribution in [0.1, 0.15) is 48.6 Å². The largest absolute Gasteiger partial charge is 0.208 e. The first-order valence-corrected chi connectivity index (χ1v) is 18.7. The van der Waals surface area contributed by atoms with E-state index in [-0.39, 0.29) is 0 Å². The fourth-order valence-electron chi connectivity index (χ4n) is 8.15. The number of nitrogens with zero attached hydrogens (tertiary/aromatic N) is 3. The van der Waals surface area contributed by atoms with Crippen LogP contribution in [0, 0.1) is 0 Å². The fraction of sp³-hybridized carbons (Fsp3) is 0.118. The lowest BCUT2D eigenvalue weighted by molar-refractivity contribution is 0.353. The molecule has 7 aromatic carbocycles. The molecule has 1 spiro atoms. The molecule has 1 saturated carbocycles. The third kappa shape index (κ3) is 5.64. The van der Waals surface area contributed by atoms with Gasteiger partial charge in [-0.3, -0.25) is 0 Å². The monoisotopic (exact) mass is 697 g/mol. The molecule has 0 atom stereocenters. The predicted octanol–water partition coefficient (Wildman–Crippen LogP) is 13.1. The van der Waals surface area contributed by atoms with Crippen LogP contribution in [0.25, 0.3) is 78.7 Å². The summed E-state index contributed by atoms with van der Waals surface area (Å²) in [5.41, 5.74) is 10.7. The molecule has 8 aromatic rings. The molecular formula is C51H39N3. The highest BCUT2D eigenvalue weighted by Crippen LogP contribution is 2.56. The van der Waals surface area contributed by atoms with Gasteiger partial charge in [0, 0.05) is 27.6 Å². The van der Waals surface area contributed by atoms with Crippen LogP contribution in [0.2, 0.25) is 0 Å². The molecule has 10 rings (SSSR count). The number of hydrogen-bond acceptors (Lipinski definition) is 3. The standard InChI is InChI=1S/C51H39N3/c1-4-16-35(17-5-1)48-52-49(36-18-6-2-7-19-36)54-50(53-48)45-26-9-8-24-42(45)41-23-15-22-39(33-41)37-20-14-21-38(32-37)40-28-29-44-43-25-10-11-27-46(43)51(47(44)34-40)30-12-3-13-31-51/h1-2,4-11,14-29,32-34H,3,12-13,30-31H2/i30D2,31D2. The van der Waals surface area contributed by atoms with Crippen molar-refractivity contribution < 1.29 is 5.48 Å². The Bertz CT molecular complexity index is 2760. The molecule has 0 N–H and O–H groups in total. The van der Waals surface area contributed by atoms with Gasteiger partial charge in [-0.05, 0) is 86.6 Å². The van der Waals surface area contributed by atoms with E-state index in [0.717, 1.165) is 72.3 Å². The molecule has 0 unspecified atom stereocenters. The van der Waals surface area contributed by atoms with Crippen molar-refractivity contribution in [2.75, 3.05) is 0 Å². The van der Waals surface area contributed by atoms with Crippen LogP contribution in [0.4, 0.5) is 0 Å². The van der Waals surface area contributed by atoms with Gasteiger partial charge in [0.15, 0.2) is 17.5 Å². The van der Waals surface area contributed by atoms with Crippen molar-refractivity contribution >= 4 is 0 Å². The highest BCUT2D eigenvalue weighted by molar-refractivity contribution is 5.87. The molecule has 3 nitrogen and oxygen atoms in total. The van der Waals surface area contributed by atoms with Gasteiger partial charge < -0.3 is 0 Å². The van der Waals surface area contributed by atoms with Crippen LogP contribution in [-0.4, -0.2) is 15.0 Å². The van der Waals surface area contributed by atoms with Crippen molar-refractivity contribution in [3.8, 4) is 78.7 Å². The van der Waals surface area contributed by atoms with Crippen LogP contribution in [0.15, 0.2) is 176 Å². The van der Waals surface area contributed by atoms with Gasteiger partial charge in [0.25, 0.3) is 0 Å². The lowest BCUT2D eigenvalue weighted by Gasteiger charge is -2.36. The molecule has 0 amide bonds. The van der Waals surface area contributed by atoms with Crippen molar-refractivity contribution in [3.63, 3.8) is 0 Å². The lowest BCUT2D eigenvalue weighted by Crippen LogP contribution is -2.28. The van der Waals surface area contributed by atoms with Gasteiger partial charge >= 0.3 is 0 Å². The van der Waals surface area contributed by atoms with Crippen LogP contribution in [0.3, 0.4) is 0 Å². The topological polar surface area (TPSA) is 38.7 Å². The van der Waals surface area contributed by atoms with E-state index in [2.05, 4.69) is 78.9 Å². The van der Waals surface area contributed by atoms with E-state index in [1.807, 2.05) is 97.1 Å². The van der Waals surface area contributed by atoms with Crippen molar-refractivity contribution in [3.05, 3.63) is 187 Å². The first kappa shape index (κ1) is 28.1. The summed E-state index contributed by atoms with van der Waals surface area (Å²) in [5.74, 6) is 1.82. The molecule has 2 aliphatic rings. The second-order valence-electron chi connectivity index (χ2n) is 14.0. The number of fused-ring (bicyclic) bond motifs is 5. The first-order chi connectivity index (χ1) is 28.2. The minimum Gasteiger partial charge on any atom is -0.208 e. The Balaban J connectivity index is 1.05. The van der Waals surface area contributed by atoms with Gasteiger partial charge in [-0.1, -0.05) is 177 Å². The summed E-state index contributed by atoms with van der Waals surface area (Å²) in [6.07, 6.45) is -2.38. The maximum absolute atomic E-state index is 9.39. The van der Waals surface area contributed by atoms with Gasteiger partial charge in [-0.15, -0.1) is 0 Å². The van der Waals surface area contributed by atoms with Gasteiger partial charge in [-0.25, -0.2) is 15.0 Å². The fourth-order valence-corrected chi connectivity index (χ4v) is 8.15. The van der Waals surface area contributed by atoms with Gasteiger partial charge in [0.2, 0.25) is 0 Å². The highest BCUT2D eigenvalue weighted by Gasteiger charge is 2.43. The molecule has 0 aliphatic heterocycles. The van der Waals surface area contributed by atoms with Crippen molar-refractivity contribution in [1.29, 1.82) is 0 Å². The van der Waals surface area contributed by atoms with Crippen molar-refractivity contribution in [2.45, 2.75) is 37.4 Å². The maximum atomic E-state index is 9.39. The van der Waals surface area contributed by atoms with E-state index < -0.39 is 18.2 Å². The SMILES string of the molecule is [2H]C1([2H])CCCC([2H])([2H])C12c1ccccc1-c1ccc(-c3cccc(-c4cccc(-c5ccccc5-c5nc(-c6ccccc6)nc(-c6ccccc6)n5)c4)c3)cc12. The van der Waals surface area contributed by atoms with E-state index >= 15 is 0 Å². The quantitative estimate of drug-likeness (QED) is 0.174. The van der Waals surface area contributed by atoms with Gasteiger partial charge in [0.1, 0.15) is 0 Å². The second kappa shape index (κ2) is 13.5. The summed E-state index contributed by atoms with van der Waals surface area (Å²) in [7, 11) is 0. The molecule has 3 heteroatoms. The molecule has 1 aromatic heterocycles. The Labute approximate surface area is 322 Å². The number of hydrogen-bond donors (Lipinski definition) is 0. The van der Waals surface area contributed by atoms with Crippen molar-refractivity contribution in [1.82, 2.24) is 15.0 Å². The van der Waals surface area contributed by atoms with E-state index in [4.69, 9.17) is 15.0 Å². The molecule has 258 valence electrons. The zero-order valence-electron chi connectivity index (χ0n) is 33.7. The highest BCUT2D eigenvalue weighted by atomic mass is 15.0. The maximum Gasteiger partial charge on any atom is 0.164 e. The van der Waals surface area contributed by atoms with E-state index in [0.29, 0.717) is 36.7 Å². The molecule has 1 fully saturated rings. The van der Waals surface area contributed by atoms with Gasteiger partial charge in [-0.2, -0.15) is 0 Å². The normalized spacial score (nSPS) is 17.0. The molecule has 1 heterocycles. The van der Waals surface area contributed by atoms with E-state index in [1.54, 1.807) is 0 Å². The molecule has 54 heavy (non-hydrogen) atoms. The van der Waals surface area contributed by atoms with Crippen LogP contribution in [0.5, 0.6) is 0 Å². The third-order valence-electron chi connectivity index (χ3n) is 10.7. The zero-order chi connectivity index (χ0) is 39.5. The Hall–Kier alpha value is -6.45. The summed E-state index contributed by atoms with van der Waals surface area (Å²) in [6.45, 7) is 0. The lowest BCUT2D eigenvalue weighted by atomic mass is 9.67. The van der Waals surface area contributed by atoms with Crippen LogP contribution >= 0.6 is 0 Å².